The molecule has 0 spiro atoms. The number of hydrogen-bond donors (Lipinski definition) is 16. The predicted octanol–water partition coefficient (Wildman–Crippen LogP) is 6.71. The summed E-state index contributed by atoms with van der Waals surface area (Å²) in [6, 6.07) is 58.6. The number of carbonyl (C=O) groups excluding carboxylic acids is 10. The number of nitrogens with one attached hydrogen (secondary N) is 8. The molecule has 2 aliphatic carbocycles. The summed E-state index contributed by atoms with van der Waals surface area (Å²) in [5.41, 5.74) is 12.4. The monoisotopic (exact) mass is 1940 g/mol. The molecule has 2 fully saturated rings. The lowest BCUT2D eigenvalue weighted by Gasteiger charge is -2.47. The maximum atomic E-state index is 13.9. The van der Waals surface area contributed by atoms with Crippen molar-refractivity contribution in [3.63, 3.8) is 0 Å². The number of methoxy groups -OCH3 is 2. The van der Waals surface area contributed by atoms with E-state index in [1.165, 1.54) is 37.4 Å². The van der Waals surface area contributed by atoms with Crippen LogP contribution in [-0.2, 0) is 76.3 Å². The number of hydrogen-bond acceptors (Lipinski definition) is 28. The van der Waals surface area contributed by atoms with Crippen LogP contribution in [0.25, 0.3) is 44.5 Å². The number of aliphatic carboxylic acids is 2. The van der Waals surface area contributed by atoms with Crippen LogP contribution in [0.5, 0.6) is 0 Å². The fourth-order valence-electron chi connectivity index (χ4n) is 16.7. The lowest BCUT2D eigenvalue weighted by Crippen LogP contribution is -2.68. The van der Waals surface area contributed by atoms with E-state index in [2.05, 4.69) is 42.5 Å². The number of fused-ring (bicyclic) bond motifs is 6. The van der Waals surface area contributed by atoms with Crippen LogP contribution in [0.2, 0.25) is 0 Å². The van der Waals surface area contributed by atoms with Crippen molar-refractivity contribution in [1.82, 2.24) is 42.5 Å². The molecule has 8 amide bonds. The van der Waals surface area contributed by atoms with Gasteiger partial charge in [0.25, 0.3) is 23.4 Å². The molecule has 2 heterocycles. The van der Waals surface area contributed by atoms with Crippen molar-refractivity contribution in [3.05, 3.63) is 240 Å². The average molecular weight is 1940 g/mol. The van der Waals surface area contributed by atoms with Crippen LogP contribution in [0, 0.1) is 0 Å². The number of ether oxygens (including phenoxy) is 8. The van der Waals surface area contributed by atoms with Crippen molar-refractivity contribution < 1.29 is 136 Å². The van der Waals surface area contributed by atoms with Crippen molar-refractivity contribution in [2.24, 2.45) is 0 Å². The second-order valence-corrected chi connectivity index (χ2v) is 35.6. The maximum absolute atomic E-state index is 13.9. The number of aliphatic hydroxyl groups is 6. The quantitative estimate of drug-likeness (QED) is 0.0107. The van der Waals surface area contributed by atoms with Gasteiger partial charge < -0.3 is 121 Å². The number of amides is 8. The molecule has 8 aromatic carbocycles. The van der Waals surface area contributed by atoms with Crippen molar-refractivity contribution in [3.8, 4) is 44.5 Å². The highest BCUT2D eigenvalue weighted by Crippen LogP contribution is 2.47. The Morgan fingerprint density at radius 2 is 0.790 bits per heavy atom. The maximum Gasteiger partial charge on any atom is 0.407 e. The molecule has 0 bridgehead atoms. The molecule has 0 saturated carbocycles. The van der Waals surface area contributed by atoms with Gasteiger partial charge in [0.05, 0.1) is 63.9 Å². The molecular weight excluding hydrogens is 1830 g/mol. The summed E-state index contributed by atoms with van der Waals surface area (Å²) < 4.78 is 45.4. The number of rotatable bonds is 46. The van der Waals surface area contributed by atoms with Gasteiger partial charge in [0.1, 0.15) is 49.7 Å². The number of benzene rings is 8. The molecular formula is C100H116N8O28S2. The van der Waals surface area contributed by atoms with E-state index in [1.807, 2.05) is 158 Å². The fourth-order valence-corrected chi connectivity index (χ4v) is 18.3. The van der Waals surface area contributed by atoms with Crippen molar-refractivity contribution in [2.45, 2.75) is 162 Å². The van der Waals surface area contributed by atoms with E-state index in [0.29, 0.717) is 29.4 Å². The first-order valence-corrected chi connectivity index (χ1v) is 47.4. The number of carboxylic acids is 2. The van der Waals surface area contributed by atoms with Crippen LogP contribution in [0.1, 0.15) is 120 Å². The van der Waals surface area contributed by atoms with Crippen LogP contribution in [0.4, 0.5) is 9.59 Å². The van der Waals surface area contributed by atoms with E-state index in [0.717, 1.165) is 81.0 Å². The molecule has 138 heavy (non-hydrogen) atoms. The standard InChI is InChI=1S/C80H97N7O22S2.C20H19NO6/c1-48(88)85-67-62(90)43-79(76(100)103-3,108-71(67)69(95)64(92)45-83-73(97)54-29-25-52(26-30-54)50-17-7-5-8-18-50)106-37-15-39-110-41-35-81-66(94)34-33-61(87-78(102)105-47-60-58-23-13-11-21-56(58)57-22-12-14-24-59(57)60)75(99)82-36-42-111-40-16-38-107-80(77(101)104-4)44-63(91)68(86-49(2)89)72(109-80)70(96)65(93)46-84-74(98)55-31-27-53(28-32-55)51-19-9-6-10-20-51;22-18(23)10-9-17(19(24)25)21-20(26)27-11-16-14-7-3-1-5-12(14)13-6-2-4-8-15(13)16/h5-14,17-32,60-65,67-72,90-93,95-96H,15-16,33-47H2,1-4H3,(H,81,94)(H,82,99)(H,83,97)(H,84,98)(H,85,88)(H,86,89)(H,87,102);1-8,16-17H,9-11H2,(H,21,26)(H,22,23)(H,24,25)/t61?,62?,63?,64?,65?,67?,68?,69?,70-,71?,72?,79?,80?;/m1./s1. The molecule has 14 atom stereocenters. The van der Waals surface area contributed by atoms with Gasteiger partial charge in [0.15, 0.2) is 0 Å². The van der Waals surface area contributed by atoms with Crippen molar-refractivity contribution in [1.29, 1.82) is 0 Å². The second-order valence-electron chi connectivity index (χ2n) is 33.2. The third kappa shape index (κ3) is 28.7. The first-order valence-electron chi connectivity index (χ1n) is 45.1. The lowest BCUT2D eigenvalue weighted by molar-refractivity contribution is -0.311. The Kier molecular flexibility index (Phi) is 39.6. The molecule has 13 unspecified atom stereocenters. The zero-order valence-electron chi connectivity index (χ0n) is 76.4. The summed E-state index contributed by atoms with van der Waals surface area (Å²) in [6.45, 7) is 1.36. The highest BCUT2D eigenvalue weighted by molar-refractivity contribution is 7.99. The Balaban J connectivity index is 0.000000576. The predicted molar refractivity (Wildman–Crippen MR) is 508 cm³/mol. The topological polar surface area (TPSA) is 537 Å². The molecule has 4 aliphatic rings. The number of esters is 2. The summed E-state index contributed by atoms with van der Waals surface area (Å²) in [4.78, 5) is 153. The average Bonchev–Trinajstić information content (AvgIpc) is 1.35. The fraction of sp³-hybridized carbons (Fsp3) is 0.400. The number of thioether (sulfide) groups is 2. The summed E-state index contributed by atoms with van der Waals surface area (Å²) in [7, 11) is 2.14. The van der Waals surface area contributed by atoms with Gasteiger partial charge in [-0.15, -0.1) is 0 Å². The molecule has 36 nitrogen and oxygen atoms in total. The Morgan fingerprint density at radius 1 is 0.435 bits per heavy atom. The summed E-state index contributed by atoms with van der Waals surface area (Å²) in [5, 5.41) is 107. The number of carboxylic acid groups (broad SMARTS) is 2. The van der Waals surface area contributed by atoms with Crippen molar-refractivity contribution >= 4 is 95.0 Å². The molecule has 38 heteroatoms. The molecule has 12 rings (SSSR count). The van der Waals surface area contributed by atoms with Gasteiger partial charge in [-0.05, 0) is 128 Å². The number of alkyl carbamates (subject to hydrolysis) is 2. The van der Waals surface area contributed by atoms with Gasteiger partial charge in [-0.1, -0.05) is 182 Å². The molecule has 2 saturated heterocycles. The zero-order chi connectivity index (χ0) is 99.0. The first-order chi connectivity index (χ1) is 66.4. The van der Waals surface area contributed by atoms with E-state index >= 15 is 0 Å². The van der Waals surface area contributed by atoms with E-state index in [4.69, 9.17) is 48.1 Å². The van der Waals surface area contributed by atoms with E-state index in [9.17, 15) is 88.2 Å². The number of carbonyl (C=O) groups is 12. The molecule has 2 aliphatic heterocycles. The summed E-state index contributed by atoms with van der Waals surface area (Å²) in [5.74, 6) is -11.4. The van der Waals surface area contributed by atoms with Gasteiger partial charge in [-0.25, -0.2) is 24.0 Å². The third-order valence-corrected chi connectivity index (χ3v) is 25.8. The Bertz CT molecular complexity index is 5390. The summed E-state index contributed by atoms with van der Waals surface area (Å²) >= 11 is 2.81. The van der Waals surface area contributed by atoms with Gasteiger partial charge in [0, 0.05) is 100 Å². The minimum Gasteiger partial charge on any atom is -0.481 e. The van der Waals surface area contributed by atoms with Gasteiger partial charge >= 0.3 is 36.1 Å². The Hall–Kier alpha value is -12.7. The molecule has 736 valence electrons. The Labute approximate surface area is 805 Å². The minimum absolute atomic E-state index is 0.0427. The lowest BCUT2D eigenvalue weighted by atomic mass is 9.88. The minimum atomic E-state index is -2.32. The van der Waals surface area contributed by atoms with Gasteiger partial charge in [-0.3, -0.25) is 33.6 Å². The highest BCUT2D eigenvalue weighted by Gasteiger charge is 2.58. The van der Waals surface area contributed by atoms with Crippen LogP contribution in [-0.4, -0.2) is 287 Å². The van der Waals surface area contributed by atoms with Crippen LogP contribution in [0.3, 0.4) is 0 Å². The van der Waals surface area contributed by atoms with Gasteiger partial charge in [0.2, 0.25) is 23.6 Å². The second kappa shape index (κ2) is 51.6. The van der Waals surface area contributed by atoms with E-state index < -0.39 is 182 Å². The van der Waals surface area contributed by atoms with Crippen LogP contribution < -0.4 is 42.5 Å². The van der Waals surface area contributed by atoms with Gasteiger partial charge in [-0.2, -0.15) is 23.5 Å². The molecule has 0 aromatic heterocycles. The molecule has 8 aromatic rings. The van der Waals surface area contributed by atoms with E-state index in [-0.39, 0.29) is 94.6 Å². The zero-order valence-corrected chi connectivity index (χ0v) is 78.0. The third-order valence-electron chi connectivity index (χ3n) is 23.6. The van der Waals surface area contributed by atoms with Crippen molar-refractivity contribution in [2.75, 3.05) is 89.8 Å². The SMILES string of the molecule is COC(=O)C1(OCCCSCCNC(=O)CCC(NC(=O)OCC2c3ccccc3-c3ccccc32)C(=O)NCCSCCCOC2(C(=O)OC)CC(O)C(NC(C)=O)C([C@H](O)C(O)CNC(=O)c3ccc(-c4ccccc4)cc3)O2)CC(O)C(NC(C)=O)C(C(O)C(O)CNC(=O)c2ccc(-c3ccccc3)cc2)O1.O=C(O)CCC(NC(=O)OCC1c2ccccc2-c2ccccc21)C(=O)O. The van der Waals surface area contributed by atoms with Crippen LogP contribution >= 0.6 is 23.5 Å². The summed E-state index contributed by atoms with van der Waals surface area (Å²) in [6.07, 6.45) is -16.9. The normalized spacial score (nSPS) is 19.7. The molecule has 16 N–H and O–H groups in total. The molecule has 0 radical (unpaired) electrons. The van der Waals surface area contributed by atoms with Crippen LogP contribution in [0.15, 0.2) is 206 Å². The number of aliphatic hydroxyl groups excluding tert-OH is 6. The largest absolute Gasteiger partial charge is 0.481 e. The highest BCUT2D eigenvalue weighted by atomic mass is 32.2. The first kappa shape index (κ1) is 106. The smallest absolute Gasteiger partial charge is 0.407 e. The van der Waals surface area contributed by atoms with E-state index in [1.54, 1.807) is 48.5 Å². The Morgan fingerprint density at radius 3 is 1.16 bits per heavy atom.